The van der Waals surface area contributed by atoms with Gasteiger partial charge in [0.15, 0.2) is 11.3 Å². The number of amides is 1. The van der Waals surface area contributed by atoms with Crippen molar-refractivity contribution >= 4 is 28.7 Å². The molecule has 1 aliphatic rings. The zero-order valence-electron chi connectivity index (χ0n) is 15.0. The van der Waals surface area contributed by atoms with Crippen LogP contribution < -0.4 is 5.32 Å². The monoisotopic (exact) mass is 361 g/mol. The van der Waals surface area contributed by atoms with Crippen LogP contribution in [0.2, 0.25) is 0 Å². The van der Waals surface area contributed by atoms with E-state index in [-0.39, 0.29) is 5.91 Å². The summed E-state index contributed by atoms with van der Waals surface area (Å²) in [5.41, 5.74) is 3.45. The van der Waals surface area contributed by atoms with Crippen molar-refractivity contribution in [1.29, 1.82) is 0 Å². The van der Waals surface area contributed by atoms with Crippen LogP contribution in [0, 0.1) is 6.92 Å². The number of anilines is 1. The number of fused-ring (bicyclic) bond motifs is 4. The Hall–Kier alpha value is -3.29. The van der Waals surface area contributed by atoms with Gasteiger partial charge in [-0.2, -0.15) is 0 Å². The van der Waals surface area contributed by atoms with E-state index in [1.54, 1.807) is 10.5 Å². The van der Waals surface area contributed by atoms with Crippen molar-refractivity contribution in [3.63, 3.8) is 0 Å². The normalized spacial score (nSPS) is 14.3. The Labute approximate surface area is 155 Å². The quantitative estimate of drug-likeness (QED) is 0.593. The van der Waals surface area contributed by atoms with Crippen molar-refractivity contribution in [2.75, 3.05) is 5.32 Å². The molecule has 8 nitrogen and oxygen atoms in total. The number of aromatic nitrogens is 6. The first-order valence-corrected chi connectivity index (χ1v) is 9.18. The summed E-state index contributed by atoms with van der Waals surface area (Å²) in [4.78, 5) is 22.5. The Bertz CT molecular complexity index is 1170. The molecule has 0 atom stereocenters. The fraction of sp³-hybridized carbons (Fsp3) is 0.316. The summed E-state index contributed by atoms with van der Waals surface area (Å²) in [5, 5.41) is 11.0. The molecule has 4 aromatic rings. The lowest BCUT2D eigenvalue weighted by molar-refractivity contribution is 0.102. The summed E-state index contributed by atoms with van der Waals surface area (Å²) in [7, 11) is 0. The van der Waals surface area contributed by atoms with Crippen molar-refractivity contribution in [3.05, 3.63) is 47.5 Å². The van der Waals surface area contributed by atoms with Gasteiger partial charge >= 0.3 is 0 Å². The van der Waals surface area contributed by atoms with Gasteiger partial charge in [0, 0.05) is 24.9 Å². The highest BCUT2D eigenvalue weighted by Gasteiger charge is 2.21. The van der Waals surface area contributed by atoms with Crippen molar-refractivity contribution in [2.45, 2.75) is 39.2 Å². The van der Waals surface area contributed by atoms with Gasteiger partial charge in [0.2, 0.25) is 5.95 Å². The van der Waals surface area contributed by atoms with Crippen LogP contribution >= 0.6 is 0 Å². The van der Waals surface area contributed by atoms with Gasteiger partial charge in [-0.3, -0.25) is 14.5 Å². The van der Waals surface area contributed by atoms with E-state index in [0.717, 1.165) is 43.0 Å². The molecule has 0 saturated carbocycles. The minimum Gasteiger partial charge on any atom is -0.313 e. The van der Waals surface area contributed by atoms with Crippen LogP contribution in [0.25, 0.3) is 16.8 Å². The number of nitrogens with zero attached hydrogens (tertiary/aromatic N) is 6. The molecule has 136 valence electrons. The number of pyridine rings is 2. The Morgan fingerprint density at radius 3 is 3.00 bits per heavy atom. The summed E-state index contributed by atoms with van der Waals surface area (Å²) >= 11 is 0. The van der Waals surface area contributed by atoms with Crippen LogP contribution in [-0.4, -0.2) is 35.0 Å². The molecule has 0 spiro atoms. The Balaban J connectivity index is 1.58. The molecule has 0 aromatic carbocycles. The second-order valence-electron chi connectivity index (χ2n) is 6.88. The molecule has 5 heterocycles. The molecule has 27 heavy (non-hydrogen) atoms. The van der Waals surface area contributed by atoms with E-state index >= 15 is 0 Å². The van der Waals surface area contributed by atoms with Crippen molar-refractivity contribution < 1.29 is 4.79 Å². The largest absolute Gasteiger partial charge is 0.313 e. The molecular weight excluding hydrogens is 342 g/mol. The van der Waals surface area contributed by atoms with Crippen LogP contribution in [0.5, 0.6) is 0 Å². The smallest absolute Gasteiger partial charge is 0.260 e. The fourth-order valence-corrected chi connectivity index (χ4v) is 3.68. The minimum absolute atomic E-state index is 0.253. The Morgan fingerprint density at radius 1 is 1.15 bits per heavy atom. The predicted octanol–water partition coefficient (Wildman–Crippen LogP) is 2.76. The molecule has 1 N–H and O–H groups in total. The number of carbonyl (C=O) groups is 1. The maximum Gasteiger partial charge on any atom is 0.260 e. The zero-order chi connectivity index (χ0) is 18.4. The van der Waals surface area contributed by atoms with Gasteiger partial charge in [-0.05, 0) is 38.0 Å². The molecule has 5 rings (SSSR count). The van der Waals surface area contributed by atoms with E-state index in [4.69, 9.17) is 4.98 Å². The Morgan fingerprint density at radius 2 is 2.07 bits per heavy atom. The van der Waals surface area contributed by atoms with Gasteiger partial charge in [0.25, 0.3) is 5.91 Å². The van der Waals surface area contributed by atoms with Crippen molar-refractivity contribution in [1.82, 2.24) is 29.1 Å². The lowest BCUT2D eigenvalue weighted by atomic mass is 10.2. The van der Waals surface area contributed by atoms with Crippen molar-refractivity contribution in [3.8, 4) is 0 Å². The topological polar surface area (TPSA) is 90.0 Å². The minimum atomic E-state index is -0.253. The maximum atomic E-state index is 13.0. The average molecular weight is 361 g/mol. The first kappa shape index (κ1) is 15.9. The van der Waals surface area contributed by atoms with Gasteiger partial charge in [-0.15, -0.1) is 10.2 Å². The lowest BCUT2D eigenvalue weighted by Gasteiger charge is -2.07. The van der Waals surface area contributed by atoms with Crippen molar-refractivity contribution in [2.24, 2.45) is 0 Å². The summed E-state index contributed by atoms with van der Waals surface area (Å²) in [6.45, 7) is 2.80. The predicted molar refractivity (Wildman–Crippen MR) is 101 cm³/mol. The lowest BCUT2D eigenvalue weighted by Crippen LogP contribution is -2.15. The van der Waals surface area contributed by atoms with E-state index in [9.17, 15) is 4.79 Å². The van der Waals surface area contributed by atoms with E-state index < -0.39 is 0 Å². The molecule has 0 aliphatic carbocycles. The summed E-state index contributed by atoms with van der Waals surface area (Å²) in [6, 6.07) is 7.37. The number of carbonyl (C=O) groups excluding carboxylic acids is 1. The molecule has 8 heteroatoms. The molecular formula is C19H19N7O. The molecule has 0 saturated heterocycles. The third-order valence-corrected chi connectivity index (χ3v) is 4.98. The molecule has 4 aromatic heterocycles. The molecule has 0 fully saturated rings. The highest BCUT2D eigenvalue weighted by Crippen LogP contribution is 2.24. The number of imidazole rings is 1. The van der Waals surface area contributed by atoms with E-state index in [1.165, 1.54) is 6.42 Å². The number of aryl methyl sites for hydroxylation is 3. The average Bonchev–Trinajstić information content (AvgIpc) is 3.14. The SMILES string of the molecule is Cc1cc(C(=O)Nc2nnc3ccccn23)c2nc3n(c2n1)CCCCC3. The number of hydrogen-bond acceptors (Lipinski definition) is 5. The molecule has 1 amide bonds. The van der Waals surface area contributed by atoms with Gasteiger partial charge in [-0.1, -0.05) is 12.5 Å². The van der Waals surface area contributed by atoms with E-state index in [2.05, 4.69) is 25.1 Å². The molecule has 1 aliphatic heterocycles. The van der Waals surface area contributed by atoms with Gasteiger partial charge < -0.3 is 4.57 Å². The highest BCUT2D eigenvalue weighted by molar-refractivity contribution is 6.10. The third kappa shape index (κ3) is 2.64. The zero-order valence-corrected chi connectivity index (χ0v) is 15.0. The second kappa shape index (κ2) is 6.15. The van der Waals surface area contributed by atoms with E-state index in [1.807, 2.05) is 31.3 Å². The first-order chi connectivity index (χ1) is 13.2. The maximum absolute atomic E-state index is 13.0. The number of nitrogens with one attached hydrogen (secondary N) is 1. The standard InChI is InChI=1S/C19H19N7O/c1-12-11-13(16-17(20-12)25-9-5-2-3-7-14(25)21-16)18(27)22-19-24-23-15-8-4-6-10-26(15)19/h4,6,8,10-11H,2-3,5,7,9H2,1H3,(H,22,24,27). The molecule has 0 bridgehead atoms. The second-order valence-corrected chi connectivity index (χ2v) is 6.88. The van der Waals surface area contributed by atoms with E-state index in [0.29, 0.717) is 22.7 Å². The Kier molecular flexibility index (Phi) is 3.63. The first-order valence-electron chi connectivity index (χ1n) is 9.18. The molecule has 0 radical (unpaired) electrons. The van der Waals surface area contributed by atoms with Gasteiger partial charge in [-0.25, -0.2) is 9.97 Å². The number of hydrogen-bond donors (Lipinski definition) is 1. The van der Waals surface area contributed by atoms with Crippen LogP contribution in [0.15, 0.2) is 30.5 Å². The van der Waals surface area contributed by atoms with Crippen LogP contribution in [0.3, 0.4) is 0 Å². The summed E-state index contributed by atoms with van der Waals surface area (Å²) < 4.78 is 3.91. The van der Waals surface area contributed by atoms with Crippen LogP contribution in [0.1, 0.15) is 41.1 Å². The van der Waals surface area contributed by atoms with Gasteiger partial charge in [0.05, 0.1) is 5.56 Å². The fourth-order valence-electron chi connectivity index (χ4n) is 3.68. The van der Waals surface area contributed by atoms with Crippen LogP contribution in [-0.2, 0) is 13.0 Å². The third-order valence-electron chi connectivity index (χ3n) is 4.98. The summed E-state index contributed by atoms with van der Waals surface area (Å²) in [6.07, 6.45) is 6.17. The highest BCUT2D eigenvalue weighted by atomic mass is 16.1. The summed E-state index contributed by atoms with van der Waals surface area (Å²) in [5.74, 6) is 1.15. The van der Waals surface area contributed by atoms with Crippen LogP contribution in [0.4, 0.5) is 5.95 Å². The number of rotatable bonds is 2. The van der Waals surface area contributed by atoms with Gasteiger partial charge in [0.1, 0.15) is 11.3 Å². The molecule has 0 unspecified atom stereocenters.